The zero-order chi connectivity index (χ0) is 30.2. The molecule has 0 fully saturated rings. The lowest BCUT2D eigenvalue weighted by Crippen LogP contribution is -2.30. The van der Waals surface area contributed by atoms with Gasteiger partial charge < -0.3 is 25.1 Å². The van der Waals surface area contributed by atoms with Gasteiger partial charge in [-0.2, -0.15) is 0 Å². The lowest BCUT2D eigenvalue weighted by molar-refractivity contribution is -0.115. The number of fused-ring (bicyclic) bond motifs is 1. The van der Waals surface area contributed by atoms with Crippen LogP contribution in [0.2, 0.25) is 0 Å². The Kier molecular flexibility index (Phi) is 9.55. The van der Waals surface area contributed by atoms with Gasteiger partial charge in [-0.15, -0.1) is 11.8 Å². The summed E-state index contributed by atoms with van der Waals surface area (Å²) < 4.78 is 11.8. The summed E-state index contributed by atoms with van der Waals surface area (Å²) in [7, 11) is 0. The number of hydrogen-bond acceptors (Lipinski definition) is 8. The van der Waals surface area contributed by atoms with Crippen molar-refractivity contribution in [1.82, 2.24) is 10.3 Å². The fourth-order valence-corrected chi connectivity index (χ4v) is 5.81. The second-order valence-corrected chi connectivity index (χ2v) is 11.7. The minimum absolute atomic E-state index is 0.0128. The Labute approximate surface area is 256 Å². The van der Waals surface area contributed by atoms with Crippen LogP contribution in [0, 0.1) is 0 Å². The molecule has 3 N–H and O–H groups in total. The van der Waals surface area contributed by atoms with Crippen molar-refractivity contribution in [1.29, 1.82) is 0 Å². The van der Waals surface area contributed by atoms with E-state index in [1.165, 1.54) is 35.4 Å². The number of nitrogens with zero attached hydrogens (tertiary/aromatic N) is 1. The minimum Gasteiger partial charge on any atom is -0.494 e. The highest BCUT2D eigenvalue weighted by molar-refractivity contribution is 8.00. The van der Waals surface area contributed by atoms with Crippen LogP contribution >= 0.6 is 23.1 Å². The van der Waals surface area contributed by atoms with Gasteiger partial charge in [0.25, 0.3) is 11.8 Å². The van der Waals surface area contributed by atoms with Crippen molar-refractivity contribution in [3.8, 4) is 5.75 Å². The number of anilines is 2. The number of hydrogen-bond donors (Lipinski definition) is 3. The molecule has 3 amide bonds. The average molecular weight is 613 g/mol. The van der Waals surface area contributed by atoms with E-state index in [0.717, 1.165) is 20.9 Å². The number of rotatable bonds is 11. The maximum absolute atomic E-state index is 13.3. The van der Waals surface area contributed by atoms with E-state index in [2.05, 4.69) is 20.9 Å². The van der Waals surface area contributed by atoms with E-state index in [-0.39, 0.29) is 11.6 Å². The van der Waals surface area contributed by atoms with Crippen LogP contribution in [0.3, 0.4) is 0 Å². The summed E-state index contributed by atoms with van der Waals surface area (Å²) in [5.74, 6) is 0.00780. The Morgan fingerprint density at radius 1 is 1.00 bits per heavy atom. The number of carbonyl (C=O) groups excluding carboxylic acids is 3. The molecule has 2 heterocycles. The standard InChI is InChI=1S/C32H28N4O5S2/c1-3-40-24-14-15-26-28(19-24)43-32(35-26)36-29(37)20(2)42-25-13-7-11-22(17-25)33-31(39)27(18-23-12-8-16-41-23)34-30(38)21-9-5-4-6-10-21/h4-20H,3H2,1-2H3,(H,33,39)(H,34,38)(H,35,36,37)/b27-18-. The van der Waals surface area contributed by atoms with Crippen molar-refractivity contribution in [2.24, 2.45) is 0 Å². The van der Waals surface area contributed by atoms with E-state index in [4.69, 9.17) is 9.15 Å². The first-order chi connectivity index (χ1) is 20.9. The number of nitrogens with one attached hydrogen (secondary N) is 3. The quantitative estimate of drug-likeness (QED) is 0.111. The molecule has 5 rings (SSSR count). The van der Waals surface area contributed by atoms with Gasteiger partial charge in [-0.1, -0.05) is 35.6 Å². The molecule has 0 spiro atoms. The van der Waals surface area contributed by atoms with Gasteiger partial charge in [0.1, 0.15) is 17.2 Å². The molecule has 0 saturated heterocycles. The van der Waals surface area contributed by atoms with Crippen molar-refractivity contribution < 1.29 is 23.5 Å². The molecule has 1 unspecified atom stereocenters. The molecule has 3 aromatic carbocycles. The summed E-state index contributed by atoms with van der Waals surface area (Å²) in [5.41, 5.74) is 1.71. The van der Waals surface area contributed by atoms with Crippen molar-refractivity contribution in [3.05, 3.63) is 108 Å². The fourth-order valence-electron chi connectivity index (χ4n) is 3.98. The molecule has 5 aromatic rings. The summed E-state index contributed by atoms with van der Waals surface area (Å²) in [6.45, 7) is 4.30. The summed E-state index contributed by atoms with van der Waals surface area (Å²) >= 11 is 2.73. The summed E-state index contributed by atoms with van der Waals surface area (Å²) in [4.78, 5) is 44.3. The average Bonchev–Trinajstić information content (AvgIpc) is 3.67. The van der Waals surface area contributed by atoms with Gasteiger partial charge in [0.2, 0.25) is 5.91 Å². The normalized spacial score (nSPS) is 12.0. The van der Waals surface area contributed by atoms with Crippen molar-refractivity contribution >= 4 is 67.9 Å². The predicted molar refractivity (Wildman–Crippen MR) is 170 cm³/mol. The van der Waals surface area contributed by atoms with E-state index in [1.807, 2.05) is 31.2 Å². The van der Waals surface area contributed by atoms with Crippen LogP contribution in [-0.2, 0) is 9.59 Å². The van der Waals surface area contributed by atoms with E-state index in [9.17, 15) is 14.4 Å². The third kappa shape index (κ3) is 7.91. The molecule has 2 aromatic heterocycles. The molecule has 218 valence electrons. The van der Waals surface area contributed by atoms with Crippen molar-refractivity contribution in [2.75, 3.05) is 17.2 Å². The Morgan fingerprint density at radius 3 is 2.60 bits per heavy atom. The largest absolute Gasteiger partial charge is 0.494 e. The molecule has 0 radical (unpaired) electrons. The van der Waals surface area contributed by atoms with Gasteiger partial charge >= 0.3 is 0 Å². The molecule has 0 aliphatic rings. The lowest BCUT2D eigenvalue weighted by atomic mass is 10.2. The van der Waals surface area contributed by atoms with Crippen LogP contribution in [0.1, 0.15) is 30.0 Å². The summed E-state index contributed by atoms with van der Waals surface area (Å²) in [6, 6.07) is 24.7. The topological polar surface area (TPSA) is 123 Å². The molecule has 0 bridgehead atoms. The molecular weight excluding hydrogens is 585 g/mol. The smallest absolute Gasteiger partial charge is 0.272 e. The highest BCUT2D eigenvalue weighted by atomic mass is 32.2. The first kappa shape index (κ1) is 29.6. The predicted octanol–water partition coefficient (Wildman–Crippen LogP) is 6.82. The lowest BCUT2D eigenvalue weighted by Gasteiger charge is -2.13. The monoisotopic (exact) mass is 612 g/mol. The van der Waals surface area contributed by atoms with Crippen LogP contribution < -0.4 is 20.7 Å². The maximum atomic E-state index is 13.3. The van der Waals surface area contributed by atoms with Gasteiger partial charge in [-0.3, -0.25) is 14.4 Å². The Balaban J connectivity index is 1.24. The Bertz CT molecular complexity index is 1770. The number of carbonyl (C=O) groups is 3. The van der Waals surface area contributed by atoms with Gasteiger partial charge in [0.05, 0.1) is 28.3 Å². The minimum atomic E-state index is -0.531. The molecular formula is C32H28N4O5S2. The van der Waals surface area contributed by atoms with Gasteiger partial charge in [0.15, 0.2) is 5.13 Å². The van der Waals surface area contributed by atoms with Crippen LogP contribution in [-0.4, -0.2) is 34.6 Å². The Morgan fingerprint density at radius 2 is 1.84 bits per heavy atom. The van der Waals surface area contributed by atoms with Gasteiger partial charge in [-0.05, 0) is 74.5 Å². The molecule has 43 heavy (non-hydrogen) atoms. The molecule has 9 nitrogen and oxygen atoms in total. The Hall–Kier alpha value is -4.87. The maximum Gasteiger partial charge on any atom is 0.272 e. The molecule has 0 aliphatic heterocycles. The number of ether oxygens (including phenoxy) is 1. The van der Waals surface area contributed by atoms with Crippen molar-refractivity contribution in [3.63, 3.8) is 0 Å². The fraction of sp³-hybridized carbons (Fsp3) is 0.125. The van der Waals surface area contributed by atoms with Crippen LogP contribution in [0.4, 0.5) is 10.8 Å². The number of thiazole rings is 1. The number of amides is 3. The molecule has 0 saturated carbocycles. The zero-order valence-electron chi connectivity index (χ0n) is 23.3. The second kappa shape index (κ2) is 13.9. The second-order valence-electron chi connectivity index (χ2n) is 9.21. The summed E-state index contributed by atoms with van der Waals surface area (Å²) in [6.07, 6.45) is 2.94. The zero-order valence-corrected chi connectivity index (χ0v) is 25.0. The molecule has 11 heteroatoms. The number of aromatic nitrogens is 1. The number of thioether (sulfide) groups is 1. The van der Waals surface area contributed by atoms with E-state index < -0.39 is 17.1 Å². The first-order valence-electron chi connectivity index (χ1n) is 13.4. The highest BCUT2D eigenvalue weighted by Crippen LogP contribution is 2.31. The highest BCUT2D eigenvalue weighted by Gasteiger charge is 2.19. The third-order valence-corrected chi connectivity index (χ3v) is 8.06. The molecule has 1 atom stereocenters. The van der Waals surface area contributed by atoms with Gasteiger partial charge in [-0.25, -0.2) is 4.98 Å². The molecule has 0 aliphatic carbocycles. The van der Waals surface area contributed by atoms with Crippen molar-refractivity contribution in [2.45, 2.75) is 24.0 Å². The number of benzene rings is 3. The first-order valence-corrected chi connectivity index (χ1v) is 15.1. The summed E-state index contributed by atoms with van der Waals surface area (Å²) in [5, 5.41) is 8.46. The van der Waals surface area contributed by atoms with Crippen LogP contribution in [0.5, 0.6) is 5.75 Å². The van der Waals surface area contributed by atoms with Crippen LogP contribution in [0.15, 0.2) is 106 Å². The van der Waals surface area contributed by atoms with Gasteiger partial charge in [0, 0.05) is 22.2 Å². The van der Waals surface area contributed by atoms with Crippen LogP contribution in [0.25, 0.3) is 16.3 Å². The third-order valence-electron chi connectivity index (χ3n) is 6.03. The van der Waals surface area contributed by atoms with E-state index in [0.29, 0.717) is 28.7 Å². The van der Waals surface area contributed by atoms with E-state index >= 15 is 0 Å². The van der Waals surface area contributed by atoms with E-state index in [1.54, 1.807) is 67.6 Å². The number of furan rings is 1. The SMILES string of the molecule is CCOc1ccc2nc(NC(=O)C(C)Sc3cccc(NC(=O)/C(=C/c4ccco4)NC(=O)c4ccccc4)c3)sc2c1.